The molecule has 0 saturated heterocycles. The van der Waals surface area contributed by atoms with Crippen LogP contribution in [0, 0.1) is 5.92 Å². The van der Waals surface area contributed by atoms with Gasteiger partial charge in [0.15, 0.2) is 0 Å². The van der Waals surface area contributed by atoms with Crippen LogP contribution in [0.15, 0.2) is 0 Å². The van der Waals surface area contributed by atoms with Gasteiger partial charge >= 0.3 is 5.97 Å². The summed E-state index contributed by atoms with van der Waals surface area (Å²) in [5.74, 6) is -0.657. The highest BCUT2D eigenvalue weighted by atomic mass is 16.4. The summed E-state index contributed by atoms with van der Waals surface area (Å²) in [5, 5.41) is 9.46. The summed E-state index contributed by atoms with van der Waals surface area (Å²) in [6.07, 6.45) is 28.2. The molecular weight excluding hydrogens is 344 g/mol. The van der Waals surface area contributed by atoms with Crippen LogP contribution in [0.5, 0.6) is 0 Å². The van der Waals surface area contributed by atoms with Crippen LogP contribution in [0.1, 0.15) is 155 Å². The zero-order valence-electron chi connectivity index (χ0n) is 19.5. The predicted octanol–water partition coefficient (Wildman–Crippen LogP) is 9.31. The van der Waals surface area contributed by atoms with E-state index in [1.54, 1.807) is 0 Å². The summed E-state index contributed by atoms with van der Waals surface area (Å²) < 4.78 is 0. The number of carboxylic acids is 1. The third-order valence-corrected chi connectivity index (χ3v) is 6.16. The van der Waals surface area contributed by atoms with Crippen molar-refractivity contribution in [2.45, 2.75) is 155 Å². The van der Waals surface area contributed by atoms with Crippen LogP contribution in [0.4, 0.5) is 0 Å². The maximum atomic E-state index is 11.5. The normalized spacial score (nSPS) is 11.4. The van der Waals surface area contributed by atoms with E-state index >= 15 is 0 Å². The summed E-state index contributed by atoms with van der Waals surface area (Å²) in [6, 6.07) is 0. The van der Waals surface area contributed by atoms with Crippen LogP contribution in [0.3, 0.4) is 0 Å². The molecule has 0 rings (SSSR count). The van der Waals surface area contributed by atoms with E-state index in [1.807, 2.05) is 0 Å². The molecule has 0 radical (unpaired) electrons. The van der Waals surface area contributed by atoms with E-state index < -0.39 is 5.97 Å². The quantitative estimate of drug-likeness (QED) is 0.175. The van der Waals surface area contributed by atoms with Crippen LogP contribution < -0.4 is 0 Å². The average Bonchev–Trinajstić information content (AvgIpc) is 2.68. The van der Waals surface area contributed by atoms with Crippen molar-refractivity contribution in [3.8, 4) is 0 Å². The van der Waals surface area contributed by atoms with Gasteiger partial charge in [0.25, 0.3) is 0 Å². The van der Waals surface area contributed by atoms with Gasteiger partial charge < -0.3 is 5.11 Å². The monoisotopic (exact) mass is 396 g/mol. The second kappa shape index (κ2) is 22.8. The maximum absolute atomic E-state index is 11.5. The second-order valence-electron chi connectivity index (χ2n) is 8.98. The van der Waals surface area contributed by atoms with Gasteiger partial charge in [0.2, 0.25) is 0 Å². The van der Waals surface area contributed by atoms with Crippen molar-refractivity contribution in [3.63, 3.8) is 0 Å². The Morgan fingerprint density at radius 2 is 0.750 bits per heavy atom. The smallest absolute Gasteiger partial charge is 0.306 e. The third kappa shape index (κ3) is 20.2. The molecule has 0 aromatic carbocycles. The van der Waals surface area contributed by atoms with Gasteiger partial charge in [-0.25, -0.2) is 0 Å². The third-order valence-electron chi connectivity index (χ3n) is 6.16. The Bertz CT molecular complexity index is 290. The van der Waals surface area contributed by atoms with Gasteiger partial charge in [-0.05, 0) is 12.8 Å². The second-order valence-corrected chi connectivity index (χ2v) is 8.98. The minimum absolute atomic E-state index is 0.0944. The highest BCUT2D eigenvalue weighted by Crippen LogP contribution is 2.20. The first kappa shape index (κ1) is 27.5. The first-order chi connectivity index (χ1) is 13.7. The molecule has 0 heterocycles. The molecule has 168 valence electrons. The zero-order chi connectivity index (χ0) is 20.7. The molecule has 1 N–H and O–H groups in total. The first-order valence-corrected chi connectivity index (χ1v) is 12.9. The molecule has 0 aliphatic carbocycles. The van der Waals surface area contributed by atoms with Gasteiger partial charge in [-0.3, -0.25) is 4.79 Å². The Morgan fingerprint density at radius 3 is 1.00 bits per heavy atom. The summed E-state index contributed by atoms with van der Waals surface area (Å²) >= 11 is 0. The zero-order valence-corrected chi connectivity index (χ0v) is 19.5. The highest BCUT2D eigenvalue weighted by Gasteiger charge is 2.16. The molecule has 0 spiro atoms. The van der Waals surface area contributed by atoms with E-state index in [-0.39, 0.29) is 5.92 Å². The van der Waals surface area contributed by atoms with Crippen molar-refractivity contribution in [3.05, 3.63) is 0 Å². The number of rotatable bonds is 23. The molecule has 0 aromatic heterocycles. The molecule has 0 aromatic rings. The summed E-state index contributed by atoms with van der Waals surface area (Å²) in [6.45, 7) is 4.53. The molecule has 2 heteroatoms. The average molecular weight is 397 g/mol. The molecule has 0 aliphatic heterocycles. The summed E-state index contributed by atoms with van der Waals surface area (Å²) in [7, 11) is 0. The van der Waals surface area contributed by atoms with Crippen molar-refractivity contribution in [2.75, 3.05) is 0 Å². The number of hydrogen-bond donors (Lipinski definition) is 1. The van der Waals surface area contributed by atoms with Crippen LogP contribution >= 0.6 is 0 Å². The molecular formula is C26H52O2. The number of aliphatic carboxylic acids is 1. The van der Waals surface area contributed by atoms with Crippen molar-refractivity contribution in [2.24, 2.45) is 5.92 Å². The fourth-order valence-electron chi connectivity index (χ4n) is 4.15. The lowest BCUT2D eigenvalue weighted by Gasteiger charge is -2.12. The molecule has 0 saturated carbocycles. The lowest BCUT2D eigenvalue weighted by Crippen LogP contribution is -2.13. The largest absolute Gasteiger partial charge is 0.481 e. The van der Waals surface area contributed by atoms with Gasteiger partial charge in [-0.15, -0.1) is 0 Å². The maximum Gasteiger partial charge on any atom is 0.306 e. The summed E-state index contributed by atoms with van der Waals surface area (Å²) in [5.41, 5.74) is 0. The van der Waals surface area contributed by atoms with Gasteiger partial charge in [-0.1, -0.05) is 142 Å². The highest BCUT2D eigenvalue weighted by molar-refractivity contribution is 5.69. The molecule has 2 nitrogen and oxygen atoms in total. The number of hydrogen-bond acceptors (Lipinski definition) is 1. The topological polar surface area (TPSA) is 37.3 Å². The number of carbonyl (C=O) groups is 1. The van der Waals surface area contributed by atoms with E-state index in [0.717, 1.165) is 25.7 Å². The number of carboxylic acid groups (broad SMARTS) is 1. The minimum Gasteiger partial charge on any atom is -0.481 e. The van der Waals surface area contributed by atoms with Crippen LogP contribution in [0.25, 0.3) is 0 Å². The van der Waals surface area contributed by atoms with Gasteiger partial charge in [0.05, 0.1) is 5.92 Å². The molecule has 28 heavy (non-hydrogen) atoms. The Labute approximate surface area is 177 Å². The van der Waals surface area contributed by atoms with Crippen LogP contribution in [-0.2, 0) is 4.79 Å². The number of unbranched alkanes of at least 4 members (excludes halogenated alkanes) is 18. The fraction of sp³-hybridized carbons (Fsp3) is 0.962. The van der Waals surface area contributed by atoms with Gasteiger partial charge in [0.1, 0.15) is 0 Å². The van der Waals surface area contributed by atoms with Gasteiger partial charge in [-0.2, -0.15) is 0 Å². The van der Waals surface area contributed by atoms with E-state index in [4.69, 9.17) is 0 Å². The first-order valence-electron chi connectivity index (χ1n) is 12.9. The molecule has 0 amide bonds. The lowest BCUT2D eigenvalue weighted by atomic mass is 9.94. The van der Waals surface area contributed by atoms with E-state index in [9.17, 15) is 9.90 Å². The van der Waals surface area contributed by atoms with E-state index in [1.165, 1.54) is 116 Å². The van der Waals surface area contributed by atoms with Crippen LogP contribution in [0.2, 0.25) is 0 Å². The van der Waals surface area contributed by atoms with E-state index in [0.29, 0.717) is 0 Å². The Balaban J connectivity index is 3.45. The van der Waals surface area contributed by atoms with Crippen molar-refractivity contribution < 1.29 is 9.90 Å². The summed E-state index contributed by atoms with van der Waals surface area (Å²) in [4.78, 5) is 11.5. The minimum atomic E-state index is -0.563. The Morgan fingerprint density at radius 1 is 0.500 bits per heavy atom. The van der Waals surface area contributed by atoms with E-state index in [2.05, 4.69) is 13.8 Å². The Kier molecular flexibility index (Phi) is 22.3. The molecule has 0 atom stereocenters. The SMILES string of the molecule is CCCCCCCCCCCCC(CCCCCCCCCCCC)C(=O)O. The molecule has 0 fully saturated rings. The lowest BCUT2D eigenvalue weighted by molar-refractivity contribution is -0.142. The molecule has 0 bridgehead atoms. The molecule has 0 unspecified atom stereocenters. The Hall–Kier alpha value is -0.530. The molecule has 0 aliphatic rings. The van der Waals surface area contributed by atoms with Gasteiger partial charge in [0, 0.05) is 0 Å². The van der Waals surface area contributed by atoms with Crippen molar-refractivity contribution >= 4 is 5.97 Å². The fourth-order valence-corrected chi connectivity index (χ4v) is 4.15. The predicted molar refractivity (Wildman–Crippen MR) is 124 cm³/mol. The standard InChI is InChI=1S/C26H52O2/c1-3-5-7-9-11-13-15-17-19-21-23-25(26(27)28)24-22-20-18-16-14-12-10-8-6-4-2/h25H,3-24H2,1-2H3,(H,27,28). The van der Waals surface area contributed by atoms with Crippen LogP contribution in [-0.4, -0.2) is 11.1 Å². The van der Waals surface area contributed by atoms with Crippen molar-refractivity contribution in [1.29, 1.82) is 0 Å². The van der Waals surface area contributed by atoms with Crippen molar-refractivity contribution in [1.82, 2.24) is 0 Å².